The van der Waals surface area contributed by atoms with Gasteiger partial charge in [0.2, 0.25) is 0 Å². The molecule has 9 heteroatoms. The number of nitrogens with zero attached hydrogens (tertiary/aromatic N) is 1. The lowest BCUT2D eigenvalue weighted by Crippen LogP contribution is -2.30. The summed E-state index contributed by atoms with van der Waals surface area (Å²) < 4.78 is 30.0. The van der Waals surface area contributed by atoms with E-state index in [4.69, 9.17) is 25.8 Å². The van der Waals surface area contributed by atoms with Crippen LogP contribution in [0.4, 0.5) is 4.39 Å². The third-order valence-corrected chi connectivity index (χ3v) is 5.85. The Hall–Kier alpha value is -3.65. The molecule has 4 rings (SSSR count). The van der Waals surface area contributed by atoms with Gasteiger partial charge in [-0.25, -0.2) is 9.37 Å². The lowest BCUT2D eigenvalue weighted by molar-refractivity contribution is 0.0902. The van der Waals surface area contributed by atoms with E-state index in [1.807, 2.05) is 0 Å². The maximum atomic E-state index is 13.6. The van der Waals surface area contributed by atoms with Gasteiger partial charge in [-0.05, 0) is 67.3 Å². The van der Waals surface area contributed by atoms with Crippen LogP contribution < -0.4 is 19.5 Å². The Kier molecular flexibility index (Phi) is 7.51. The number of benzene rings is 2. The number of hydrogen-bond donors (Lipinski definition) is 1. The highest BCUT2D eigenvalue weighted by molar-refractivity contribution is 6.31. The Bertz CT molecular complexity index is 1260. The molecule has 1 aliphatic rings. The van der Waals surface area contributed by atoms with E-state index in [1.54, 1.807) is 24.3 Å². The van der Waals surface area contributed by atoms with E-state index in [-0.39, 0.29) is 17.3 Å². The Morgan fingerprint density at radius 3 is 2.46 bits per heavy atom. The van der Waals surface area contributed by atoms with Crippen molar-refractivity contribution in [3.8, 4) is 28.5 Å². The minimum Gasteiger partial charge on any atom is -0.494 e. The van der Waals surface area contributed by atoms with Crippen molar-refractivity contribution in [3.63, 3.8) is 0 Å². The number of halogens is 2. The van der Waals surface area contributed by atoms with Gasteiger partial charge in [-0.3, -0.25) is 9.59 Å². The van der Waals surface area contributed by atoms with Crippen LogP contribution in [0, 0.1) is 11.7 Å². The average Bonchev–Trinajstić information content (AvgIpc) is 3.71. The van der Waals surface area contributed by atoms with Crippen LogP contribution in [0.2, 0.25) is 5.02 Å². The fourth-order valence-corrected chi connectivity index (χ4v) is 3.57. The topological polar surface area (TPSA) is 86.8 Å². The van der Waals surface area contributed by atoms with Crippen LogP contribution in [0.5, 0.6) is 17.2 Å². The number of Topliss-reactive ketones (excluding diaryl/α,β-unsaturated/α-hetero) is 1. The van der Waals surface area contributed by atoms with E-state index in [0.717, 1.165) is 0 Å². The number of pyridine rings is 1. The fraction of sp³-hybridized carbons (Fsp3) is 0.269. The number of ether oxygens (including phenoxy) is 3. The van der Waals surface area contributed by atoms with Gasteiger partial charge in [-0.1, -0.05) is 11.6 Å². The molecule has 0 spiro atoms. The third kappa shape index (κ3) is 5.89. The highest BCUT2D eigenvalue weighted by Gasteiger charge is 2.23. The summed E-state index contributed by atoms with van der Waals surface area (Å²) in [5.41, 5.74) is 1.27. The van der Waals surface area contributed by atoms with Crippen molar-refractivity contribution in [2.24, 2.45) is 5.92 Å². The predicted octanol–water partition coefficient (Wildman–Crippen LogP) is 4.96. The molecule has 0 aliphatic heterocycles. The first kappa shape index (κ1) is 24.5. The van der Waals surface area contributed by atoms with Crippen LogP contribution in [-0.2, 0) is 0 Å². The van der Waals surface area contributed by atoms with Gasteiger partial charge in [0.25, 0.3) is 5.91 Å². The molecule has 0 bridgehead atoms. The largest absolute Gasteiger partial charge is 0.494 e. The first-order valence-electron chi connectivity index (χ1n) is 11.0. The number of carbonyl (C=O) groups excluding carboxylic acids is 2. The van der Waals surface area contributed by atoms with Gasteiger partial charge in [-0.15, -0.1) is 0 Å². The molecule has 182 valence electrons. The number of amides is 1. The second-order valence-electron chi connectivity index (χ2n) is 8.10. The molecule has 1 fully saturated rings. The van der Waals surface area contributed by atoms with Crippen molar-refractivity contribution in [1.29, 1.82) is 0 Å². The van der Waals surface area contributed by atoms with Gasteiger partial charge in [0.1, 0.15) is 23.0 Å². The standard InChI is InChI=1S/C26H24ClFN2O5/c1-33-23-10-8-20(30-25(23)16-5-7-19(28)18(27)11-16)21(31)13-29-26(32)17-6-9-22(24(12-17)34-2)35-14-15-3-4-15/h5-12,15H,3-4,13-14H2,1-2H3,(H,29,32). The van der Waals surface area contributed by atoms with E-state index >= 15 is 0 Å². The normalized spacial score (nSPS) is 12.7. The molecule has 1 heterocycles. The van der Waals surface area contributed by atoms with Crippen molar-refractivity contribution in [3.05, 3.63) is 70.6 Å². The summed E-state index contributed by atoms with van der Waals surface area (Å²) in [6, 6.07) is 12.1. The fourth-order valence-electron chi connectivity index (χ4n) is 3.39. The smallest absolute Gasteiger partial charge is 0.251 e. The molecule has 0 radical (unpaired) electrons. The van der Waals surface area contributed by atoms with Crippen LogP contribution in [0.1, 0.15) is 33.7 Å². The average molecular weight is 499 g/mol. The molecule has 1 aliphatic carbocycles. The highest BCUT2D eigenvalue weighted by Crippen LogP contribution is 2.33. The maximum absolute atomic E-state index is 13.6. The molecule has 1 amide bonds. The number of nitrogens with one attached hydrogen (secondary N) is 1. The van der Waals surface area contributed by atoms with Crippen molar-refractivity contribution in [1.82, 2.24) is 10.3 Å². The van der Waals surface area contributed by atoms with Crippen molar-refractivity contribution < 1.29 is 28.2 Å². The van der Waals surface area contributed by atoms with Crippen LogP contribution in [0.25, 0.3) is 11.3 Å². The number of methoxy groups -OCH3 is 2. The zero-order valence-corrected chi connectivity index (χ0v) is 20.0. The Balaban J connectivity index is 1.45. The minimum absolute atomic E-state index is 0.0743. The van der Waals surface area contributed by atoms with Crippen molar-refractivity contribution in [2.75, 3.05) is 27.4 Å². The van der Waals surface area contributed by atoms with Crippen LogP contribution >= 0.6 is 11.6 Å². The number of rotatable bonds is 10. The van der Waals surface area contributed by atoms with E-state index in [2.05, 4.69) is 10.3 Å². The van der Waals surface area contributed by atoms with E-state index in [0.29, 0.717) is 46.6 Å². The molecule has 0 unspecified atom stereocenters. The minimum atomic E-state index is -0.566. The molecule has 35 heavy (non-hydrogen) atoms. The van der Waals surface area contributed by atoms with Crippen LogP contribution in [0.3, 0.4) is 0 Å². The van der Waals surface area contributed by atoms with Gasteiger partial charge in [0, 0.05) is 11.1 Å². The van der Waals surface area contributed by atoms with E-state index in [9.17, 15) is 14.0 Å². The van der Waals surface area contributed by atoms with Gasteiger partial charge >= 0.3 is 0 Å². The summed E-state index contributed by atoms with van der Waals surface area (Å²) in [5, 5.41) is 2.53. The van der Waals surface area contributed by atoms with E-state index in [1.165, 1.54) is 51.3 Å². The van der Waals surface area contributed by atoms with Gasteiger partial charge in [0.05, 0.1) is 32.4 Å². The Morgan fingerprint density at radius 1 is 1.03 bits per heavy atom. The Labute approximate surface area is 207 Å². The Morgan fingerprint density at radius 2 is 1.77 bits per heavy atom. The number of aromatic nitrogens is 1. The SMILES string of the molecule is COc1cc(C(=O)NCC(=O)c2ccc(OC)c(-c3ccc(F)c(Cl)c3)n2)ccc1OCC1CC1. The zero-order valence-electron chi connectivity index (χ0n) is 19.3. The van der Waals surface area contributed by atoms with Gasteiger partial charge in [-0.2, -0.15) is 0 Å². The van der Waals surface area contributed by atoms with Crippen LogP contribution in [0.15, 0.2) is 48.5 Å². The van der Waals surface area contributed by atoms with Crippen molar-refractivity contribution >= 4 is 23.3 Å². The molecule has 1 N–H and O–H groups in total. The first-order valence-corrected chi connectivity index (χ1v) is 11.4. The van der Waals surface area contributed by atoms with E-state index < -0.39 is 17.5 Å². The quantitative estimate of drug-likeness (QED) is 0.398. The summed E-state index contributed by atoms with van der Waals surface area (Å²) in [7, 11) is 2.97. The van der Waals surface area contributed by atoms with Gasteiger partial charge in [0.15, 0.2) is 17.3 Å². The third-order valence-electron chi connectivity index (χ3n) is 5.56. The molecule has 1 aromatic heterocycles. The maximum Gasteiger partial charge on any atom is 0.251 e. The molecule has 0 saturated heterocycles. The molecule has 1 saturated carbocycles. The van der Waals surface area contributed by atoms with Gasteiger partial charge < -0.3 is 19.5 Å². The highest BCUT2D eigenvalue weighted by atomic mass is 35.5. The number of ketones is 1. The number of carbonyl (C=O) groups is 2. The molecule has 3 aromatic rings. The molecule has 0 atom stereocenters. The molecule has 7 nitrogen and oxygen atoms in total. The summed E-state index contributed by atoms with van der Waals surface area (Å²) in [5.74, 6) is 0.580. The molecule has 2 aromatic carbocycles. The monoisotopic (exact) mass is 498 g/mol. The lowest BCUT2D eigenvalue weighted by Gasteiger charge is -2.12. The summed E-state index contributed by atoms with van der Waals surface area (Å²) >= 11 is 5.89. The zero-order chi connectivity index (χ0) is 24.9. The summed E-state index contributed by atoms with van der Waals surface area (Å²) in [4.78, 5) is 29.8. The second kappa shape index (κ2) is 10.7. The molecular weight excluding hydrogens is 475 g/mol. The first-order chi connectivity index (χ1) is 16.9. The lowest BCUT2D eigenvalue weighted by atomic mass is 10.1. The predicted molar refractivity (Wildman–Crippen MR) is 129 cm³/mol. The molecular formula is C26H24ClFN2O5. The summed E-state index contributed by atoms with van der Waals surface area (Å²) in [6.07, 6.45) is 2.33. The van der Waals surface area contributed by atoms with Crippen molar-refractivity contribution in [2.45, 2.75) is 12.8 Å². The number of hydrogen-bond acceptors (Lipinski definition) is 6. The van der Waals surface area contributed by atoms with Crippen LogP contribution in [-0.4, -0.2) is 44.0 Å². The second-order valence-corrected chi connectivity index (χ2v) is 8.51. The summed E-state index contributed by atoms with van der Waals surface area (Å²) in [6.45, 7) is 0.349.